The number of benzene rings is 8. The minimum absolute atomic E-state index is 0. The van der Waals surface area contributed by atoms with Crippen molar-refractivity contribution in [2.75, 3.05) is 0 Å². The number of allylic oxidation sites excluding steroid dienone is 2. The Morgan fingerprint density at radius 2 is 0.966 bits per heavy atom. The largest absolute Gasteiger partial charge is 0.512 e. The third-order valence-electron chi connectivity index (χ3n) is 17.7. The van der Waals surface area contributed by atoms with Gasteiger partial charge in [0.15, 0.2) is 5.78 Å². The SMILES string of the molecule is CCC(CC)C(=O)/C=C(\O)C(C)(CC)CC.[2H]c1cc2c3c(cc4c(CC(C)(C)C)cccc42)Oc2c([c-]c4cc(C)ccc4c2CC(C)(C)C)-c3n1.[2H]c1cc2c3c(cc4c(CC(C)(C)C)cccc42)Oc2c([c-]c4ccccc4c2CC(C)(C)C)-c3n1.[Ir]. The number of fused-ring (bicyclic) bond motifs is 10. The molecule has 0 saturated carbocycles. The number of pyridine rings is 2. The number of ketones is 1. The second-order valence-corrected chi connectivity index (χ2v) is 29.9. The minimum Gasteiger partial charge on any atom is -0.512 e. The van der Waals surface area contributed by atoms with Gasteiger partial charge >= 0.3 is 0 Å². The Kier molecular flexibility index (Phi) is 17.9. The normalized spacial score (nSPS) is 13.5. The van der Waals surface area contributed by atoms with E-state index in [4.69, 9.17) is 22.2 Å². The fourth-order valence-electron chi connectivity index (χ4n) is 12.9. The minimum atomic E-state index is -0.248. The van der Waals surface area contributed by atoms with E-state index in [1.54, 1.807) is 0 Å². The van der Waals surface area contributed by atoms with Gasteiger partial charge in [-0.1, -0.05) is 223 Å². The van der Waals surface area contributed by atoms with Crippen LogP contribution in [0.1, 0.15) is 174 Å². The Balaban J connectivity index is 0.000000172. The van der Waals surface area contributed by atoms with E-state index in [-0.39, 0.29) is 77.0 Å². The maximum atomic E-state index is 11.9. The summed E-state index contributed by atoms with van der Waals surface area (Å²) in [6.07, 6.45) is 9.03. The second-order valence-electron chi connectivity index (χ2n) is 29.9. The molecule has 0 fully saturated rings. The van der Waals surface area contributed by atoms with Gasteiger partial charge in [0.05, 0.1) is 14.2 Å². The molecule has 2 aliphatic heterocycles. The Labute approximate surface area is 541 Å². The quantitative estimate of drug-likeness (QED) is 0.0601. The number of carbonyl (C=O) groups excluding carboxylic acids is 1. The van der Waals surface area contributed by atoms with E-state index in [0.717, 1.165) is 140 Å². The Morgan fingerprint density at radius 3 is 1.41 bits per heavy atom. The van der Waals surface area contributed by atoms with Crippen molar-refractivity contribution in [3.63, 3.8) is 0 Å². The van der Waals surface area contributed by atoms with E-state index < -0.39 is 0 Å². The molecule has 0 spiro atoms. The van der Waals surface area contributed by atoms with Crippen LogP contribution in [0.4, 0.5) is 0 Å². The van der Waals surface area contributed by atoms with Crippen LogP contribution in [-0.2, 0) is 50.6 Å². The van der Waals surface area contributed by atoms with Gasteiger partial charge in [-0.25, -0.2) is 0 Å². The van der Waals surface area contributed by atoms with Crippen molar-refractivity contribution in [3.8, 4) is 45.5 Å². The molecule has 12 rings (SSSR count). The molecule has 6 nitrogen and oxygen atoms in total. The number of carbonyl (C=O) groups is 1. The van der Waals surface area contributed by atoms with E-state index in [1.807, 2.05) is 46.8 Å². The molecule has 88 heavy (non-hydrogen) atoms. The van der Waals surface area contributed by atoms with Crippen LogP contribution in [0.3, 0.4) is 0 Å². The van der Waals surface area contributed by atoms with Crippen LogP contribution in [0.25, 0.3) is 87.1 Å². The van der Waals surface area contributed by atoms with Crippen molar-refractivity contribution in [1.29, 1.82) is 0 Å². The fraction of sp³-hybridized carbons (Fsp3) is 0.395. The van der Waals surface area contributed by atoms with Gasteiger partial charge in [0.25, 0.3) is 0 Å². The van der Waals surface area contributed by atoms with Gasteiger partial charge in [0.2, 0.25) is 0 Å². The number of aromatic nitrogens is 2. The Bertz CT molecular complexity index is 4450. The van der Waals surface area contributed by atoms with Crippen LogP contribution in [0, 0.1) is 52.0 Å². The number of aliphatic hydroxyl groups excluding tert-OH is 1. The molecular formula is C81H92IrN2O4-2. The zero-order valence-corrected chi connectivity index (χ0v) is 57.9. The number of aliphatic hydroxyl groups is 1. The van der Waals surface area contributed by atoms with Crippen molar-refractivity contribution in [2.24, 2.45) is 33.0 Å². The average molecular weight is 1350 g/mol. The molecule has 7 heteroatoms. The molecular weight excluding hydrogens is 1260 g/mol. The third kappa shape index (κ3) is 13.5. The summed E-state index contributed by atoms with van der Waals surface area (Å²) in [7, 11) is 0. The molecule has 0 bridgehead atoms. The summed E-state index contributed by atoms with van der Waals surface area (Å²) in [6.45, 7) is 39.4. The average Bonchev–Trinajstić information content (AvgIpc) is 0.724. The number of hydrogen-bond acceptors (Lipinski definition) is 6. The summed E-state index contributed by atoms with van der Waals surface area (Å²) in [5.41, 5.74) is 9.74. The summed E-state index contributed by atoms with van der Waals surface area (Å²) >= 11 is 0. The van der Waals surface area contributed by atoms with Crippen LogP contribution in [0.2, 0.25) is 0 Å². The van der Waals surface area contributed by atoms with Crippen LogP contribution in [0.15, 0.2) is 127 Å². The van der Waals surface area contributed by atoms with Crippen molar-refractivity contribution in [2.45, 2.75) is 176 Å². The first-order valence-electron chi connectivity index (χ1n) is 32.8. The van der Waals surface area contributed by atoms with Gasteiger partial charge in [0, 0.05) is 72.0 Å². The van der Waals surface area contributed by atoms with E-state index in [0.29, 0.717) is 0 Å². The van der Waals surface area contributed by atoms with E-state index >= 15 is 0 Å². The van der Waals surface area contributed by atoms with Crippen molar-refractivity contribution in [1.82, 2.24) is 9.97 Å². The fourth-order valence-corrected chi connectivity index (χ4v) is 12.9. The molecule has 0 amide bonds. The van der Waals surface area contributed by atoms with Gasteiger partial charge in [0.1, 0.15) is 17.3 Å². The predicted octanol–water partition coefficient (Wildman–Crippen LogP) is 23.1. The van der Waals surface area contributed by atoms with Gasteiger partial charge < -0.3 is 14.6 Å². The molecule has 1 N–H and O–H groups in total. The zero-order valence-electron chi connectivity index (χ0n) is 57.5. The van der Waals surface area contributed by atoms with Crippen LogP contribution in [-0.4, -0.2) is 20.9 Å². The van der Waals surface area contributed by atoms with Gasteiger partial charge in [-0.15, -0.1) is 35.0 Å². The smallest absolute Gasteiger partial charge is 0.162 e. The summed E-state index contributed by atoms with van der Waals surface area (Å²) in [4.78, 5) is 21.4. The summed E-state index contributed by atoms with van der Waals surface area (Å²) in [5, 5.41) is 23.2. The second kappa shape index (κ2) is 25.2. The van der Waals surface area contributed by atoms with Gasteiger partial charge in [-0.3, -0.25) is 14.8 Å². The first kappa shape index (κ1) is 62.7. The van der Waals surface area contributed by atoms with Gasteiger partial charge in [-0.2, -0.15) is 0 Å². The molecule has 0 atom stereocenters. The van der Waals surface area contributed by atoms with Crippen LogP contribution in [0.5, 0.6) is 23.0 Å². The molecule has 10 aromatic rings. The molecule has 0 aliphatic carbocycles. The van der Waals surface area contributed by atoms with Crippen LogP contribution < -0.4 is 9.47 Å². The maximum absolute atomic E-state index is 11.9. The zero-order chi connectivity index (χ0) is 64.4. The number of nitrogens with zero attached hydrogens (tertiary/aromatic N) is 2. The molecule has 4 heterocycles. The standard InChI is InChI=1S/C34H34NO.C33H32NO.C14H26O2.Ir/c1-20-11-12-23-22(15-20)16-27-31-30-25(13-14-35-31)24-10-8-9-21(18-33(2,3)4)26(24)17-29(30)36-32(27)28(23)19-34(5,6)7;1-32(2,3)18-21-11-9-13-23-24-14-15-34-30-26-16-20-10-7-8-12-22(20)27(19-33(4,5)6)31(26)35-28(29(24)30)17-25(21)23;1-6-11(7-2)12(15)10-13(16)14(5,8-3)9-4;/h8-15,17H,18-19H2,1-7H3;7-15,17H,18-19H2,1-6H3;10-11,16H,6-9H2,1-5H3;/q2*-1;;/b;;13-10-;/i14D;15D;;. The number of aryl methyl sites for hydroxylation is 1. The Morgan fingerprint density at radius 1 is 0.534 bits per heavy atom. The molecule has 1 radical (unpaired) electrons. The molecule has 0 unspecified atom stereocenters. The molecule has 2 aliphatic rings. The first-order valence-corrected chi connectivity index (χ1v) is 31.8. The maximum Gasteiger partial charge on any atom is 0.162 e. The topological polar surface area (TPSA) is 81.5 Å². The van der Waals surface area contributed by atoms with Crippen molar-refractivity contribution >= 4 is 70.4 Å². The molecule has 2 aromatic heterocycles. The summed E-state index contributed by atoms with van der Waals surface area (Å²) in [6, 6.07) is 43.5. The molecule has 0 saturated heterocycles. The summed E-state index contributed by atoms with van der Waals surface area (Å²) in [5.74, 6) is 3.70. The number of ether oxygens (including phenoxy) is 2. The molecule has 8 aromatic carbocycles. The Hall–Kier alpha value is -6.92. The van der Waals surface area contributed by atoms with E-state index in [2.05, 4.69) is 193 Å². The predicted molar refractivity (Wildman–Crippen MR) is 368 cm³/mol. The number of hydrogen-bond donors (Lipinski definition) is 1. The van der Waals surface area contributed by atoms with Crippen molar-refractivity contribution < 1.29 is 42.2 Å². The van der Waals surface area contributed by atoms with Crippen molar-refractivity contribution in [3.05, 3.63) is 167 Å². The summed E-state index contributed by atoms with van der Waals surface area (Å²) < 4.78 is 31.0. The third-order valence-corrected chi connectivity index (χ3v) is 17.7. The van der Waals surface area contributed by atoms with E-state index in [9.17, 15) is 9.90 Å². The molecule has 461 valence electrons. The monoisotopic (exact) mass is 1350 g/mol. The number of rotatable bonds is 11. The first-order chi connectivity index (χ1) is 41.8. The van der Waals surface area contributed by atoms with Crippen LogP contribution >= 0.6 is 0 Å². The van der Waals surface area contributed by atoms with Gasteiger partial charge in [-0.05, 0) is 148 Å². The van der Waals surface area contributed by atoms with E-state index in [1.165, 1.54) is 55.4 Å².